The summed E-state index contributed by atoms with van der Waals surface area (Å²) >= 11 is 0. The van der Waals surface area contributed by atoms with Gasteiger partial charge in [0, 0.05) is 30.5 Å². The standard InChI is InChI=1S/C20H25N5O2/c1-14(2)13-22-19(26)16-7-8-17(15(3)12-16)21-9-11-25-20(27)24-10-5-4-6-18(24)23-25/h4-8,10,12,14,21H,9,11,13H2,1-3H3,(H,22,26). The largest absolute Gasteiger partial charge is 0.383 e. The van der Waals surface area contributed by atoms with Gasteiger partial charge in [0.1, 0.15) is 0 Å². The molecule has 0 aliphatic rings. The zero-order valence-corrected chi connectivity index (χ0v) is 15.9. The molecular weight excluding hydrogens is 342 g/mol. The molecule has 0 atom stereocenters. The van der Waals surface area contributed by atoms with Crippen LogP contribution in [0.1, 0.15) is 29.8 Å². The molecule has 0 saturated carbocycles. The molecule has 0 saturated heterocycles. The van der Waals surface area contributed by atoms with Crippen LogP contribution < -0.4 is 16.3 Å². The number of carbonyl (C=O) groups is 1. The average Bonchev–Trinajstić information content (AvgIpc) is 2.97. The van der Waals surface area contributed by atoms with Crippen LogP contribution in [-0.4, -0.2) is 33.2 Å². The SMILES string of the molecule is Cc1cc(C(=O)NCC(C)C)ccc1NCCn1nc2ccccn2c1=O. The molecular formula is C20H25N5O2. The van der Waals surface area contributed by atoms with Crippen molar-refractivity contribution < 1.29 is 4.79 Å². The fourth-order valence-electron chi connectivity index (χ4n) is 2.81. The second-order valence-corrected chi connectivity index (χ2v) is 6.99. The highest BCUT2D eigenvalue weighted by Crippen LogP contribution is 2.16. The highest BCUT2D eigenvalue weighted by atomic mass is 16.2. The van der Waals surface area contributed by atoms with Crippen molar-refractivity contribution in [2.75, 3.05) is 18.4 Å². The van der Waals surface area contributed by atoms with E-state index in [4.69, 9.17) is 0 Å². The summed E-state index contributed by atoms with van der Waals surface area (Å²) in [6, 6.07) is 11.0. The molecule has 0 aliphatic heterocycles. The maximum Gasteiger partial charge on any atom is 0.350 e. The third-order valence-electron chi connectivity index (χ3n) is 4.29. The molecule has 142 valence electrons. The molecule has 0 aliphatic carbocycles. The van der Waals surface area contributed by atoms with Gasteiger partial charge in [0.2, 0.25) is 0 Å². The highest BCUT2D eigenvalue weighted by molar-refractivity contribution is 5.94. The van der Waals surface area contributed by atoms with Crippen molar-refractivity contribution in [3.05, 3.63) is 64.2 Å². The number of aromatic nitrogens is 3. The number of nitrogens with zero attached hydrogens (tertiary/aromatic N) is 3. The van der Waals surface area contributed by atoms with Gasteiger partial charge in [0.05, 0.1) is 6.54 Å². The molecule has 0 spiro atoms. The Bertz CT molecular complexity index is 1000. The average molecular weight is 367 g/mol. The summed E-state index contributed by atoms with van der Waals surface area (Å²) in [6.45, 7) is 7.75. The van der Waals surface area contributed by atoms with E-state index in [9.17, 15) is 9.59 Å². The van der Waals surface area contributed by atoms with Crippen LogP contribution in [-0.2, 0) is 6.54 Å². The van der Waals surface area contributed by atoms with Gasteiger partial charge in [-0.15, -0.1) is 5.10 Å². The minimum atomic E-state index is -0.152. The summed E-state index contributed by atoms with van der Waals surface area (Å²) in [4.78, 5) is 24.4. The van der Waals surface area contributed by atoms with Crippen molar-refractivity contribution in [1.82, 2.24) is 19.5 Å². The number of aryl methyl sites for hydroxylation is 1. The Kier molecular flexibility index (Phi) is 5.59. The van der Waals surface area contributed by atoms with Gasteiger partial charge in [-0.3, -0.25) is 9.20 Å². The lowest BCUT2D eigenvalue weighted by atomic mass is 10.1. The van der Waals surface area contributed by atoms with Crippen molar-refractivity contribution in [3.8, 4) is 0 Å². The van der Waals surface area contributed by atoms with Crippen LogP contribution in [0.5, 0.6) is 0 Å². The van der Waals surface area contributed by atoms with Crippen LogP contribution in [0.15, 0.2) is 47.4 Å². The number of pyridine rings is 1. The molecule has 0 unspecified atom stereocenters. The van der Waals surface area contributed by atoms with Crippen LogP contribution >= 0.6 is 0 Å². The molecule has 2 N–H and O–H groups in total. The van der Waals surface area contributed by atoms with Gasteiger partial charge >= 0.3 is 5.69 Å². The van der Waals surface area contributed by atoms with E-state index in [2.05, 4.69) is 29.6 Å². The lowest BCUT2D eigenvalue weighted by Gasteiger charge is -2.12. The van der Waals surface area contributed by atoms with E-state index in [0.717, 1.165) is 11.3 Å². The first kappa shape index (κ1) is 18.7. The zero-order valence-electron chi connectivity index (χ0n) is 15.9. The fraction of sp³-hybridized carbons (Fsp3) is 0.350. The first-order chi connectivity index (χ1) is 13.0. The van der Waals surface area contributed by atoms with E-state index in [1.54, 1.807) is 18.3 Å². The lowest BCUT2D eigenvalue weighted by Crippen LogP contribution is -2.27. The smallest absolute Gasteiger partial charge is 0.350 e. The van der Waals surface area contributed by atoms with Gasteiger partial charge in [0.15, 0.2) is 5.65 Å². The number of hydrogen-bond donors (Lipinski definition) is 2. The predicted molar refractivity (Wildman–Crippen MR) is 106 cm³/mol. The van der Waals surface area contributed by atoms with Crippen LogP contribution in [0.4, 0.5) is 5.69 Å². The van der Waals surface area contributed by atoms with E-state index < -0.39 is 0 Å². The highest BCUT2D eigenvalue weighted by Gasteiger charge is 2.09. The second-order valence-electron chi connectivity index (χ2n) is 6.99. The van der Waals surface area contributed by atoms with Crippen LogP contribution in [0, 0.1) is 12.8 Å². The molecule has 3 aromatic rings. The predicted octanol–water partition coefficient (Wildman–Crippen LogP) is 2.30. The number of anilines is 1. The minimum Gasteiger partial charge on any atom is -0.383 e. The Balaban J connectivity index is 1.61. The Morgan fingerprint density at radius 3 is 2.74 bits per heavy atom. The zero-order chi connectivity index (χ0) is 19.4. The molecule has 2 aromatic heterocycles. The topological polar surface area (TPSA) is 80.4 Å². The normalized spacial score (nSPS) is 11.1. The van der Waals surface area contributed by atoms with Gasteiger partial charge in [0.25, 0.3) is 5.91 Å². The molecule has 1 amide bonds. The van der Waals surface area contributed by atoms with Gasteiger partial charge in [-0.05, 0) is 48.7 Å². The third kappa shape index (κ3) is 4.36. The van der Waals surface area contributed by atoms with Gasteiger partial charge < -0.3 is 10.6 Å². The van der Waals surface area contributed by atoms with Gasteiger partial charge in [-0.25, -0.2) is 9.48 Å². The summed E-state index contributed by atoms with van der Waals surface area (Å²) in [5.41, 5.74) is 3.05. The van der Waals surface area contributed by atoms with Crippen LogP contribution in [0.3, 0.4) is 0 Å². The molecule has 7 nitrogen and oxygen atoms in total. The first-order valence-corrected chi connectivity index (χ1v) is 9.12. The number of fused-ring (bicyclic) bond motifs is 1. The molecule has 1 aromatic carbocycles. The fourth-order valence-corrected chi connectivity index (χ4v) is 2.81. The third-order valence-corrected chi connectivity index (χ3v) is 4.29. The number of benzene rings is 1. The molecule has 0 fully saturated rings. The monoisotopic (exact) mass is 367 g/mol. The molecule has 27 heavy (non-hydrogen) atoms. The minimum absolute atomic E-state index is 0.0606. The molecule has 7 heteroatoms. The Labute approximate surface area is 158 Å². The van der Waals surface area contributed by atoms with E-state index in [1.807, 2.05) is 31.2 Å². The molecule has 0 bridgehead atoms. The number of amides is 1. The van der Waals surface area contributed by atoms with Crippen LogP contribution in [0.25, 0.3) is 5.65 Å². The molecule has 2 heterocycles. The molecule has 0 radical (unpaired) electrons. The number of hydrogen-bond acceptors (Lipinski definition) is 4. The number of nitrogens with one attached hydrogen (secondary N) is 2. The van der Waals surface area contributed by atoms with Crippen molar-refractivity contribution in [3.63, 3.8) is 0 Å². The van der Waals surface area contributed by atoms with E-state index in [1.165, 1.54) is 9.08 Å². The summed E-state index contributed by atoms with van der Waals surface area (Å²) in [5.74, 6) is 0.355. The Hall–Kier alpha value is -3.09. The lowest BCUT2D eigenvalue weighted by molar-refractivity contribution is 0.0949. The van der Waals surface area contributed by atoms with Gasteiger partial charge in [-0.2, -0.15) is 0 Å². The maximum atomic E-state index is 12.3. The Morgan fingerprint density at radius 2 is 2.04 bits per heavy atom. The number of rotatable bonds is 7. The maximum absolute atomic E-state index is 12.3. The number of carbonyl (C=O) groups excluding carboxylic acids is 1. The summed E-state index contributed by atoms with van der Waals surface area (Å²) < 4.78 is 2.97. The van der Waals surface area contributed by atoms with Crippen molar-refractivity contribution >= 4 is 17.2 Å². The summed E-state index contributed by atoms with van der Waals surface area (Å²) in [6.07, 6.45) is 1.71. The quantitative estimate of drug-likeness (QED) is 0.671. The van der Waals surface area contributed by atoms with Crippen molar-refractivity contribution in [2.45, 2.75) is 27.3 Å². The van der Waals surface area contributed by atoms with Crippen molar-refractivity contribution in [1.29, 1.82) is 0 Å². The van der Waals surface area contributed by atoms with E-state index >= 15 is 0 Å². The summed E-state index contributed by atoms with van der Waals surface area (Å²) in [5, 5.41) is 10.5. The molecule has 3 rings (SSSR count). The second kappa shape index (κ2) is 8.07. The van der Waals surface area contributed by atoms with E-state index in [-0.39, 0.29) is 11.6 Å². The van der Waals surface area contributed by atoms with Crippen molar-refractivity contribution in [2.24, 2.45) is 5.92 Å². The Morgan fingerprint density at radius 1 is 1.22 bits per heavy atom. The van der Waals surface area contributed by atoms with E-state index in [0.29, 0.717) is 36.8 Å². The van der Waals surface area contributed by atoms with Crippen LogP contribution in [0.2, 0.25) is 0 Å². The van der Waals surface area contributed by atoms with Gasteiger partial charge in [-0.1, -0.05) is 19.9 Å². The first-order valence-electron chi connectivity index (χ1n) is 9.12. The summed E-state index contributed by atoms with van der Waals surface area (Å²) in [7, 11) is 0.